The average molecular weight is 511 g/mol. The highest BCUT2D eigenvalue weighted by molar-refractivity contribution is 14.0. The summed E-state index contributed by atoms with van der Waals surface area (Å²) in [5, 5.41) is 6.94. The van der Waals surface area contributed by atoms with E-state index in [1.807, 2.05) is 7.05 Å². The largest absolute Gasteiger partial charge is 0.374 e. The highest BCUT2D eigenvalue weighted by Gasteiger charge is 2.22. The van der Waals surface area contributed by atoms with E-state index in [2.05, 4.69) is 58.0 Å². The molecule has 8 heteroatoms. The van der Waals surface area contributed by atoms with Gasteiger partial charge in [0, 0.05) is 72.0 Å². The van der Waals surface area contributed by atoms with Crippen LogP contribution in [0.1, 0.15) is 27.7 Å². The second-order valence-corrected chi connectivity index (χ2v) is 8.30. The van der Waals surface area contributed by atoms with Gasteiger partial charge >= 0.3 is 0 Å². The number of aliphatic imine (C=N–C) groups is 1. The van der Waals surface area contributed by atoms with Gasteiger partial charge in [0.15, 0.2) is 5.96 Å². The number of halogens is 1. The minimum Gasteiger partial charge on any atom is -0.374 e. The summed E-state index contributed by atoms with van der Waals surface area (Å²) in [6.07, 6.45) is 0.232. The first-order valence-corrected chi connectivity index (χ1v) is 10.8. The van der Waals surface area contributed by atoms with E-state index < -0.39 is 0 Å². The monoisotopic (exact) mass is 510 g/mol. The lowest BCUT2D eigenvalue weighted by Crippen LogP contribution is -2.54. The molecule has 0 saturated carbocycles. The molecule has 7 nitrogen and oxygen atoms in total. The Morgan fingerprint density at radius 1 is 1.07 bits per heavy atom. The van der Waals surface area contributed by atoms with Gasteiger partial charge in [-0.2, -0.15) is 0 Å². The summed E-state index contributed by atoms with van der Waals surface area (Å²) in [5.74, 6) is 1.57. The van der Waals surface area contributed by atoms with Gasteiger partial charge in [-0.1, -0.05) is 20.8 Å². The van der Waals surface area contributed by atoms with Crippen molar-refractivity contribution in [3.8, 4) is 0 Å². The Balaban J connectivity index is 0.00000392. The average Bonchev–Trinajstić information content (AvgIpc) is 2.67. The van der Waals surface area contributed by atoms with Gasteiger partial charge in [0.25, 0.3) is 0 Å². The van der Waals surface area contributed by atoms with Crippen molar-refractivity contribution in [2.45, 2.75) is 39.8 Å². The van der Waals surface area contributed by atoms with Crippen LogP contribution >= 0.6 is 24.0 Å². The molecule has 0 aliphatic carbocycles. The van der Waals surface area contributed by atoms with E-state index in [0.29, 0.717) is 12.0 Å². The van der Waals surface area contributed by atoms with Crippen LogP contribution in [0.15, 0.2) is 4.99 Å². The predicted molar refractivity (Wildman–Crippen MR) is 129 cm³/mol. The molecule has 0 aromatic carbocycles. The van der Waals surface area contributed by atoms with Crippen molar-refractivity contribution in [3.63, 3.8) is 0 Å². The Morgan fingerprint density at radius 2 is 1.79 bits per heavy atom. The van der Waals surface area contributed by atoms with Crippen LogP contribution in [-0.2, 0) is 4.74 Å². The molecule has 0 aromatic rings. The third-order valence-electron chi connectivity index (χ3n) is 5.61. The molecule has 166 valence electrons. The minimum absolute atomic E-state index is 0. The molecule has 2 aliphatic rings. The summed E-state index contributed by atoms with van der Waals surface area (Å²) in [6.45, 7) is 20.7. The summed E-state index contributed by atoms with van der Waals surface area (Å²) >= 11 is 0. The first-order chi connectivity index (χ1) is 13.0. The fourth-order valence-corrected chi connectivity index (χ4v) is 3.91. The van der Waals surface area contributed by atoms with Crippen LogP contribution in [0.4, 0.5) is 0 Å². The van der Waals surface area contributed by atoms with Gasteiger partial charge in [-0.15, -0.1) is 24.0 Å². The van der Waals surface area contributed by atoms with Crippen LogP contribution in [-0.4, -0.2) is 112 Å². The highest BCUT2D eigenvalue weighted by Crippen LogP contribution is 2.08. The normalized spacial score (nSPS) is 24.1. The smallest absolute Gasteiger partial charge is 0.191 e. The van der Waals surface area contributed by atoms with E-state index in [0.717, 1.165) is 64.9 Å². The zero-order valence-corrected chi connectivity index (χ0v) is 20.9. The number of hydrogen-bond donors (Lipinski definition) is 2. The number of piperazine rings is 1. The first kappa shape index (κ1) is 25.9. The van der Waals surface area contributed by atoms with Crippen LogP contribution in [0.25, 0.3) is 0 Å². The molecule has 0 aromatic heterocycles. The van der Waals surface area contributed by atoms with Crippen LogP contribution in [0, 0.1) is 5.92 Å². The molecule has 2 atom stereocenters. The number of morpholine rings is 1. The highest BCUT2D eigenvalue weighted by atomic mass is 127. The summed E-state index contributed by atoms with van der Waals surface area (Å²) in [5.41, 5.74) is 0. The SMILES string of the molecule is CCN1CCN(C(C)CNC(=NC)NCC2CN(CC(C)C)CCO2)CC1.I. The van der Waals surface area contributed by atoms with Crippen molar-refractivity contribution in [2.75, 3.05) is 79.1 Å². The Kier molecular flexibility index (Phi) is 12.9. The summed E-state index contributed by atoms with van der Waals surface area (Å²) in [7, 11) is 1.84. The number of guanidine groups is 1. The van der Waals surface area contributed by atoms with Crippen molar-refractivity contribution in [1.29, 1.82) is 0 Å². The van der Waals surface area contributed by atoms with Gasteiger partial charge in [-0.25, -0.2) is 0 Å². The molecule has 0 amide bonds. The third-order valence-corrected chi connectivity index (χ3v) is 5.61. The Hall–Kier alpha value is -0.160. The molecule has 0 spiro atoms. The lowest BCUT2D eigenvalue weighted by Gasteiger charge is -2.38. The van der Waals surface area contributed by atoms with Crippen LogP contribution < -0.4 is 10.6 Å². The quantitative estimate of drug-likeness (QED) is 0.291. The number of rotatable bonds is 8. The molecule has 2 N–H and O–H groups in total. The number of nitrogens with zero attached hydrogens (tertiary/aromatic N) is 4. The van der Waals surface area contributed by atoms with E-state index in [1.165, 1.54) is 13.1 Å². The van der Waals surface area contributed by atoms with Crippen molar-refractivity contribution in [1.82, 2.24) is 25.3 Å². The maximum atomic E-state index is 5.93. The van der Waals surface area contributed by atoms with Crippen molar-refractivity contribution < 1.29 is 4.74 Å². The van der Waals surface area contributed by atoms with Crippen LogP contribution in [0.2, 0.25) is 0 Å². The van der Waals surface area contributed by atoms with Crippen LogP contribution in [0.5, 0.6) is 0 Å². The lowest BCUT2D eigenvalue weighted by molar-refractivity contribution is -0.0284. The zero-order chi connectivity index (χ0) is 19.6. The second kappa shape index (κ2) is 14.0. The fourth-order valence-electron chi connectivity index (χ4n) is 3.91. The lowest BCUT2D eigenvalue weighted by atomic mass is 10.2. The number of hydrogen-bond acceptors (Lipinski definition) is 5. The molecule has 2 aliphatic heterocycles. The van der Waals surface area contributed by atoms with Gasteiger partial charge < -0.3 is 20.3 Å². The molecule has 2 unspecified atom stereocenters. The molecule has 2 fully saturated rings. The van der Waals surface area contributed by atoms with Gasteiger partial charge in [0.2, 0.25) is 0 Å². The first-order valence-electron chi connectivity index (χ1n) is 10.8. The number of nitrogens with one attached hydrogen (secondary N) is 2. The van der Waals surface area contributed by atoms with E-state index in [1.54, 1.807) is 0 Å². The predicted octanol–water partition coefficient (Wildman–Crippen LogP) is 1.15. The molecule has 0 bridgehead atoms. The summed E-state index contributed by atoms with van der Waals surface area (Å²) < 4.78 is 5.93. The maximum absolute atomic E-state index is 5.93. The fraction of sp³-hybridized carbons (Fsp3) is 0.950. The number of ether oxygens (including phenoxy) is 1. The molecule has 2 heterocycles. The molecule has 0 radical (unpaired) electrons. The van der Waals surface area contributed by atoms with E-state index in [-0.39, 0.29) is 30.1 Å². The van der Waals surface area contributed by atoms with E-state index >= 15 is 0 Å². The van der Waals surface area contributed by atoms with E-state index in [9.17, 15) is 0 Å². The molecular weight excluding hydrogens is 467 g/mol. The van der Waals surface area contributed by atoms with Gasteiger partial charge in [0.05, 0.1) is 12.7 Å². The summed E-state index contributed by atoms with van der Waals surface area (Å²) in [6, 6.07) is 0.509. The van der Waals surface area contributed by atoms with Crippen LogP contribution in [0.3, 0.4) is 0 Å². The number of likely N-dealkylation sites (N-methyl/N-ethyl adjacent to an activating group) is 1. The topological polar surface area (TPSA) is 55.4 Å². The standard InChI is InChI=1S/C20H42N6O.HI/c1-6-24-7-9-26(10-8-24)18(4)13-22-20(21-5)23-14-19-16-25(11-12-27-19)15-17(2)3;/h17-19H,6-16H2,1-5H3,(H2,21,22,23);1H. The molecular formula is C20H43IN6O. The van der Waals surface area contributed by atoms with Crippen molar-refractivity contribution in [3.05, 3.63) is 0 Å². The van der Waals surface area contributed by atoms with E-state index in [4.69, 9.17) is 4.74 Å². The van der Waals surface area contributed by atoms with Gasteiger partial charge in [0.1, 0.15) is 0 Å². The molecule has 2 rings (SSSR count). The Morgan fingerprint density at radius 3 is 2.39 bits per heavy atom. The molecule has 28 heavy (non-hydrogen) atoms. The minimum atomic E-state index is 0. The summed E-state index contributed by atoms with van der Waals surface area (Å²) in [4.78, 5) is 12.0. The van der Waals surface area contributed by atoms with Crippen molar-refractivity contribution >= 4 is 29.9 Å². The second-order valence-electron chi connectivity index (χ2n) is 8.30. The molecule has 2 saturated heterocycles. The van der Waals surface area contributed by atoms with Gasteiger partial charge in [-0.05, 0) is 19.4 Å². The third kappa shape index (κ3) is 9.11. The zero-order valence-electron chi connectivity index (χ0n) is 18.6. The maximum Gasteiger partial charge on any atom is 0.191 e. The van der Waals surface area contributed by atoms with Crippen molar-refractivity contribution in [2.24, 2.45) is 10.9 Å². The van der Waals surface area contributed by atoms with Gasteiger partial charge in [-0.3, -0.25) is 14.8 Å². The Bertz CT molecular complexity index is 442. The Labute approximate surface area is 189 Å².